The number of hydrogen-bond donors (Lipinski definition) is 3. The molecule has 0 fully saturated rings. The molecule has 0 aliphatic heterocycles. The van der Waals surface area contributed by atoms with Gasteiger partial charge in [0.2, 0.25) is 5.95 Å². The summed E-state index contributed by atoms with van der Waals surface area (Å²) in [6.45, 7) is 1.10. The van der Waals surface area contributed by atoms with Crippen LogP contribution in [0.1, 0.15) is 5.56 Å². The summed E-state index contributed by atoms with van der Waals surface area (Å²) in [4.78, 5) is 8.88. The Morgan fingerprint density at radius 2 is 1.95 bits per heavy atom. The van der Waals surface area contributed by atoms with E-state index >= 15 is 0 Å². The summed E-state index contributed by atoms with van der Waals surface area (Å²) < 4.78 is 1.70. The normalized spacial score (nSPS) is 10.8. The number of nitrogens with one attached hydrogen (secondary N) is 2. The Morgan fingerprint density at radius 1 is 1.14 bits per heavy atom. The minimum absolute atomic E-state index is 0.0273. The lowest BCUT2D eigenvalue weighted by Crippen LogP contribution is -2.11. The molecule has 0 amide bonds. The number of aliphatic hydroxyl groups excluding tert-OH is 1. The second kappa shape index (κ2) is 6.40. The van der Waals surface area contributed by atoms with E-state index in [0.717, 1.165) is 16.9 Å². The van der Waals surface area contributed by atoms with Crippen molar-refractivity contribution in [2.45, 2.75) is 6.54 Å². The van der Waals surface area contributed by atoms with Gasteiger partial charge in [-0.15, -0.1) is 0 Å². The van der Waals surface area contributed by atoms with Crippen molar-refractivity contribution < 1.29 is 5.11 Å². The SMILES string of the molecule is Cn1ncc2c(NCc3ccccc3)nc(NCCO)nc21. The van der Waals surface area contributed by atoms with E-state index in [2.05, 4.69) is 37.8 Å². The number of aromatic nitrogens is 4. The lowest BCUT2D eigenvalue weighted by atomic mass is 10.2. The molecule has 22 heavy (non-hydrogen) atoms. The Balaban J connectivity index is 1.89. The highest BCUT2D eigenvalue weighted by Crippen LogP contribution is 2.21. The Morgan fingerprint density at radius 3 is 2.73 bits per heavy atom. The van der Waals surface area contributed by atoms with Crippen molar-refractivity contribution in [3.63, 3.8) is 0 Å². The largest absolute Gasteiger partial charge is 0.395 e. The summed E-state index contributed by atoms with van der Waals surface area (Å²) in [7, 11) is 1.84. The van der Waals surface area contributed by atoms with Crippen LogP contribution in [-0.4, -0.2) is 38.0 Å². The maximum atomic E-state index is 8.93. The Hall–Kier alpha value is -2.67. The average Bonchev–Trinajstić information content (AvgIpc) is 2.93. The van der Waals surface area contributed by atoms with Gasteiger partial charge in [0, 0.05) is 20.1 Å². The molecule has 3 N–H and O–H groups in total. The van der Waals surface area contributed by atoms with Gasteiger partial charge in [0.1, 0.15) is 5.82 Å². The van der Waals surface area contributed by atoms with Crippen LogP contribution >= 0.6 is 0 Å². The third-order valence-corrected chi connectivity index (χ3v) is 3.29. The lowest BCUT2D eigenvalue weighted by molar-refractivity contribution is 0.311. The van der Waals surface area contributed by atoms with Gasteiger partial charge in [-0.1, -0.05) is 30.3 Å². The molecule has 114 valence electrons. The Labute approximate surface area is 128 Å². The molecule has 0 aliphatic carbocycles. The van der Waals surface area contributed by atoms with Crippen LogP contribution in [0.15, 0.2) is 36.5 Å². The standard InChI is InChI=1S/C15H18N6O/c1-21-14-12(10-18-21)13(19-15(20-14)16-7-8-22)17-9-11-5-3-2-4-6-11/h2-6,10,22H,7-9H2,1H3,(H2,16,17,19,20). The van der Waals surface area contributed by atoms with E-state index in [1.54, 1.807) is 10.9 Å². The predicted molar refractivity (Wildman–Crippen MR) is 85.6 cm³/mol. The number of fused-ring (bicyclic) bond motifs is 1. The number of nitrogens with zero attached hydrogens (tertiary/aromatic N) is 4. The number of rotatable bonds is 6. The van der Waals surface area contributed by atoms with E-state index in [1.807, 2.05) is 25.2 Å². The van der Waals surface area contributed by atoms with E-state index in [4.69, 9.17) is 5.11 Å². The first kappa shape index (κ1) is 14.3. The zero-order valence-electron chi connectivity index (χ0n) is 12.3. The summed E-state index contributed by atoms with van der Waals surface area (Å²) in [5.41, 5.74) is 1.91. The zero-order chi connectivity index (χ0) is 15.4. The van der Waals surface area contributed by atoms with Gasteiger partial charge >= 0.3 is 0 Å². The first-order valence-electron chi connectivity index (χ1n) is 7.10. The maximum absolute atomic E-state index is 8.93. The number of benzene rings is 1. The number of aryl methyl sites for hydroxylation is 1. The summed E-state index contributed by atoms with van der Waals surface area (Å²) in [6, 6.07) is 10.1. The van der Waals surface area contributed by atoms with Crippen LogP contribution in [0.2, 0.25) is 0 Å². The monoisotopic (exact) mass is 298 g/mol. The lowest BCUT2D eigenvalue weighted by Gasteiger charge is -2.10. The number of anilines is 2. The Bertz CT molecular complexity index is 755. The number of aliphatic hydroxyl groups is 1. The third kappa shape index (κ3) is 2.99. The second-order valence-corrected chi connectivity index (χ2v) is 4.89. The average molecular weight is 298 g/mol. The second-order valence-electron chi connectivity index (χ2n) is 4.89. The fourth-order valence-corrected chi connectivity index (χ4v) is 2.19. The van der Waals surface area contributed by atoms with Crippen molar-refractivity contribution in [2.75, 3.05) is 23.8 Å². The summed E-state index contributed by atoms with van der Waals surface area (Å²) in [6.07, 6.45) is 1.75. The van der Waals surface area contributed by atoms with Crippen molar-refractivity contribution in [3.8, 4) is 0 Å². The quantitative estimate of drug-likeness (QED) is 0.637. The summed E-state index contributed by atoms with van der Waals surface area (Å²) in [5, 5.41) is 20.3. The van der Waals surface area contributed by atoms with Gasteiger partial charge in [0.05, 0.1) is 18.2 Å². The molecule has 0 bridgehead atoms. The van der Waals surface area contributed by atoms with E-state index < -0.39 is 0 Å². The van der Waals surface area contributed by atoms with Crippen LogP contribution in [0.25, 0.3) is 11.0 Å². The van der Waals surface area contributed by atoms with Crippen LogP contribution in [0.5, 0.6) is 0 Å². The minimum atomic E-state index is 0.0273. The minimum Gasteiger partial charge on any atom is -0.395 e. The molecule has 0 unspecified atom stereocenters. The molecule has 0 spiro atoms. The molecule has 3 aromatic rings. The molecule has 0 saturated carbocycles. The summed E-state index contributed by atoms with van der Waals surface area (Å²) in [5.74, 6) is 1.20. The van der Waals surface area contributed by atoms with Crippen molar-refractivity contribution >= 4 is 22.8 Å². The highest BCUT2D eigenvalue weighted by Gasteiger charge is 2.11. The highest BCUT2D eigenvalue weighted by molar-refractivity contribution is 5.87. The van der Waals surface area contributed by atoms with Crippen molar-refractivity contribution in [2.24, 2.45) is 7.05 Å². The van der Waals surface area contributed by atoms with Crippen molar-refractivity contribution in [1.82, 2.24) is 19.7 Å². The fourth-order valence-electron chi connectivity index (χ4n) is 2.19. The Kier molecular flexibility index (Phi) is 4.15. The number of hydrogen-bond acceptors (Lipinski definition) is 6. The van der Waals surface area contributed by atoms with Gasteiger partial charge in [-0.25, -0.2) is 0 Å². The van der Waals surface area contributed by atoms with Crippen LogP contribution in [0.4, 0.5) is 11.8 Å². The summed E-state index contributed by atoms with van der Waals surface area (Å²) >= 11 is 0. The molecular formula is C15H18N6O. The van der Waals surface area contributed by atoms with Crippen LogP contribution in [0, 0.1) is 0 Å². The molecule has 7 heteroatoms. The first-order chi connectivity index (χ1) is 10.8. The predicted octanol–water partition coefficient (Wildman–Crippen LogP) is 1.38. The first-order valence-corrected chi connectivity index (χ1v) is 7.10. The third-order valence-electron chi connectivity index (χ3n) is 3.29. The van der Waals surface area contributed by atoms with Gasteiger partial charge in [-0.3, -0.25) is 4.68 Å². The van der Waals surface area contributed by atoms with E-state index in [-0.39, 0.29) is 6.61 Å². The van der Waals surface area contributed by atoms with Gasteiger partial charge < -0.3 is 15.7 Å². The molecule has 0 radical (unpaired) electrons. The molecule has 2 aromatic heterocycles. The molecule has 1 aromatic carbocycles. The van der Waals surface area contributed by atoms with Crippen LogP contribution in [0.3, 0.4) is 0 Å². The fraction of sp³-hybridized carbons (Fsp3) is 0.267. The van der Waals surface area contributed by atoms with E-state index in [9.17, 15) is 0 Å². The van der Waals surface area contributed by atoms with Gasteiger partial charge in [-0.05, 0) is 5.56 Å². The molecule has 2 heterocycles. The van der Waals surface area contributed by atoms with Crippen LogP contribution in [-0.2, 0) is 13.6 Å². The van der Waals surface area contributed by atoms with Gasteiger partial charge in [-0.2, -0.15) is 15.1 Å². The highest BCUT2D eigenvalue weighted by atomic mass is 16.3. The van der Waals surface area contributed by atoms with Crippen molar-refractivity contribution in [3.05, 3.63) is 42.1 Å². The van der Waals surface area contributed by atoms with E-state index in [1.165, 1.54) is 5.56 Å². The molecule has 7 nitrogen and oxygen atoms in total. The van der Waals surface area contributed by atoms with Gasteiger partial charge in [0.15, 0.2) is 5.65 Å². The zero-order valence-corrected chi connectivity index (χ0v) is 12.3. The van der Waals surface area contributed by atoms with Crippen molar-refractivity contribution in [1.29, 1.82) is 0 Å². The molecule has 0 aliphatic rings. The molecule has 0 saturated heterocycles. The molecular weight excluding hydrogens is 280 g/mol. The van der Waals surface area contributed by atoms with Gasteiger partial charge in [0.25, 0.3) is 0 Å². The van der Waals surface area contributed by atoms with Crippen LogP contribution < -0.4 is 10.6 Å². The van der Waals surface area contributed by atoms with E-state index in [0.29, 0.717) is 19.0 Å². The maximum Gasteiger partial charge on any atom is 0.226 e. The topological polar surface area (TPSA) is 87.9 Å². The molecule has 3 rings (SSSR count). The smallest absolute Gasteiger partial charge is 0.226 e. The molecule has 0 atom stereocenters.